The van der Waals surface area contributed by atoms with Gasteiger partial charge in [0.25, 0.3) is 5.91 Å². The van der Waals surface area contributed by atoms with Crippen molar-refractivity contribution < 1.29 is 9.59 Å². The average molecular weight is 389 g/mol. The summed E-state index contributed by atoms with van der Waals surface area (Å²) in [6.45, 7) is 2.54. The second kappa shape index (κ2) is 7.46. The largest absolute Gasteiger partial charge is 0.353 e. The number of carbonyl (C=O) groups is 2. The SMILES string of the molecule is CC(NC(=O)CCNC(=O)c1ccc(Cl)cc1)C12CC3CC(CC(C3)C1)C2. The van der Waals surface area contributed by atoms with Crippen molar-refractivity contribution in [3.8, 4) is 0 Å². The summed E-state index contributed by atoms with van der Waals surface area (Å²) in [4.78, 5) is 24.5. The van der Waals surface area contributed by atoms with Crippen molar-refractivity contribution >= 4 is 23.4 Å². The first-order valence-corrected chi connectivity index (χ1v) is 10.6. The molecule has 1 unspecified atom stereocenters. The molecule has 4 aliphatic carbocycles. The van der Waals surface area contributed by atoms with E-state index in [9.17, 15) is 9.59 Å². The lowest BCUT2D eigenvalue weighted by atomic mass is 9.48. The van der Waals surface area contributed by atoms with Gasteiger partial charge in [-0.05, 0) is 92.9 Å². The van der Waals surface area contributed by atoms with E-state index in [2.05, 4.69) is 17.6 Å². The summed E-state index contributed by atoms with van der Waals surface area (Å²) < 4.78 is 0. The van der Waals surface area contributed by atoms with Crippen molar-refractivity contribution in [1.82, 2.24) is 10.6 Å². The zero-order chi connectivity index (χ0) is 19.0. The molecule has 5 heteroatoms. The highest BCUT2D eigenvalue weighted by Crippen LogP contribution is 2.61. The minimum Gasteiger partial charge on any atom is -0.353 e. The standard InChI is InChI=1S/C22H29ClN2O2/c1-14(22-11-15-8-16(12-22)10-17(9-15)13-22)25-20(26)6-7-24-21(27)18-2-4-19(23)5-3-18/h2-5,14-17H,6-13H2,1H3,(H,24,27)(H,25,26). The number of carbonyl (C=O) groups excluding carboxylic acids is 2. The number of nitrogens with one attached hydrogen (secondary N) is 2. The van der Waals surface area contributed by atoms with Crippen LogP contribution < -0.4 is 10.6 Å². The van der Waals surface area contributed by atoms with E-state index in [1.54, 1.807) is 24.3 Å². The van der Waals surface area contributed by atoms with Crippen molar-refractivity contribution in [2.45, 2.75) is 57.9 Å². The first kappa shape index (κ1) is 18.8. The summed E-state index contributed by atoms with van der Waals surface area (Å²) >= 11 is 5.84. The molecule has 146 valence electrons. The number of hydrogen-bond donors (Lipinski definition) is 2. The number of hydrogen-bond acceptors (Lipinski definition) is 2. The molecule has 27 heavy (non-hydrogen) atoms. The Labute approximate surface area is 166 Å². The molecular formula is C22H29ClN2O2. The van der Waals surface area contributed by atoms with E-state index in [-0.39, 0.29) is 17.9 Å². The van der Waals surface area contributed by atoms with Gasteiger partial charge in [-0.3, -0.25) is 9.59 Å². The van der Waals surface area contributed by atoms with E-state index in [0.29, 0.717) is 29.0 Å². The first-order valence-electron chi connectivity index (χ1n) is 10.3. The Balaban J connectivity index is 1.25. The molecule has 4 fully saturated rings. The topological polar surface area (TPSA) is 58.2 Å². The highest BCUT2D eigenvalue weighted by molar-refractivity contribution is 6.30. The minimum absolute atomic E-state index is 0.0367. The van der Waals surface area contributed by atoms with Crippen LogP contribution in [0.5, 0.6) is 0 Å². The van der Waals surface area contributed by atoms with Gasteiger partial charge in [0.15, 0.2) is 0 Å². The Hall–Kier alpha value is -1.55. The van der Waals surface area contributed by atoms with Crippen LogP contribution in [0, 0.1) is 23.2 Å². The molecule has 0 radical (unpaired) electrons. The minimum atomic E-state index is -0.173. The summed E-state index contributed by atoms with van der Waals surface area (Å²) in [5.74, 6) is 2.51. The van der Waals surface area contributed by atoms with Crippen molar-refractivity contribution in [1.29, 1.82) is 0 Å². The van der Waals surface area contributed by atoms with Crippen molar-refractivity contribution in [2.75, 3.05) is 6.54 Å². The van der Waals surface area contributed by atoms with E-state index in [0.717, 1.165) is 17.8 Å². The van der Waals surface area contributed by atoms with E-state index in [1.807, 2.05) is 0 Å². The average Bonchev–Trinajstić information content (AvgIpc) is 2.61. The van der Waals surface area contributed by atoms with Gasteiger partial charge in [-0.25, -0.2) is 0 Å². The Kier molecular flexibility index (Phi) is 5.19. The molecule has 4 saturated carbocycles. The third-order valence-electron chi connectivity index (χ3n) is 7.13. The zero-order valence-corrected chi connectivity index (χ0v) is 16.7. The molecule has 0 heterocycles. The summed E-state index contributed by atoms with van der Waals surface area (Å²) in [5, 5.41) is 6.67. The van der Waals surface area contributed by atoms with Crippen LogP contribution in [0.15, 0.2) is 24.3 Å². The molecule has 4 nitrogen and oxygen atoms in total. The fourth-order valence-corrected chi connectivity index (χ4v) is 6.29. The highest BCUT2D eigenvalue weighted by atomic mass is 35.5. The lowest BCUT2D eigenvalue weighted by Gasteiger charge is -2.59. The molecule has 0 aliphatic heterocycles. The monoisotopic (exact) mass is 388 g/mol. The molecule has 2 amide bonds. The van der Waals surface area contributed by atoms with Crippen molar-refractivity contribution in [2.24, 2.45) is 23.2 Å². The van der Waals surface area contributed by atoms with Crippen LogP contribution >= 0.6 is 11.6 Å². The Morgan fingerprint density at radius 1 is 1.07 bits per heavy atom. The van der Waals surface area contributed by atoms with Crippen LogP contribution in [-0.4, -0.2) is 24.4 Å². The zero-order valence-electron chi connectivity index (χ0n) is 16.0. The van der Waals surface area contributed by atoms with Crippen molar-refractivity contribution in [3.05, 3.63) is 34.9 Å². The molecule has 4 aliphatic rings. The fourth-order valence-electron chi connectivity index (χ4n) is 6.17. The molecule has 1 atom stereocenters. The molecule has 0 aromatic heterocycles. The Morgan fingerprint density at radius 2 is 1.63 bits per heavy atom. The van der Waals surface area contributed by atoms with Crippen LogP contribution in [0.3, 0.4) is 0 Å². The fraction of sp³-hybridized carbons (Fsp3) is 0.636. The maximum atomic E-state index is 12.4. The van der Waals surface area contributed by atoms with Gasteiger partial charge in [-0.15, -0.1) is 0 Å². The predicted octanol–water partition coefficient (Wildman–Crippen LogP) is 4.18. The maximum Gasteiger partial charge on any atom is 0.251 e. The summed E-state index contributed by atoms with van der Waals surface area (Å²) in [5.41, 5.74) is 0.874. The van der Waals surface area contributed by atoms with Gasteiger partial charge >= 0.3 is 0 Å². The quantitative estimate of drug-likeness (QED) is 0.767. The number of benzene rings is 1. The maximum absolute atomic E-state index is 12.4. The molecule has 1 aromatic rings. The third kappa shape index (κ3) is 4.01. The highest BCUT2D eigenvalue weighted by Gasteiger charge is 2.53. The summed E-state index contributed by atoms with van der Waals surface area (Å²) in [6, 6.07) is 6.98. The van der Waals surface area contributed by atoms with Gasteiger partial charge in [0.05, 0.1) is 0 Å². The number of amides is 2. The van der Waals surface area contributed by atoms with Crippen LogP contribution in [0.2, 0.25) is 5.02 Å². The second-order valence-electron chi connectivity index (χ2n) is 9.08. The third-order valence-corrected chi connectivity index (χ3v) is 7.38. The van der Waals surface area contributed by atoms with Crippen LogP contribution in [-0.2, 0) is 4.79 Å². The van der Waals surface area contributed by atoms with Gasteiger partial charge in [0.1, 0.15) is 0 Å². The molecular weight excluding hydrogens is 360 g/mol. The smallest absolute Gasteiger partial charge is 0.251 e. The molecule has 2 N–H and O–H groups in total. The van der Waals surface area contributed by atoms with E-state index >= 15 is 0 Å². The number of halogens is 1. The molecule has 4 bridgehead atoms. The molecule has 5 rings (SSSR count). The Bertz CT molecular complexity index is 680. The summed E-state index contributed by atoms with van der Waals surface area (Å²) in [6.07, 6.45) is 8.41. The van der Waals surface area contributed by atoms with Crippen LogP contribution in [0.4, 0.5) is 0 Å². The molecule has 0 saturated heterocycles. The normalized spacial score (nSPS) is 32.1. The van der Waals surface area contributed by atoms with Gasteiger partial charge in [-0.2, -0.15) is 0 Å². The lowest BCUT2D eigenvalue weighted by molar-refractivity contribution is -0.125. The second-order valence-corrected chi connectivity index (χ2v) is 9.52. The molecule has 0 spiro atoms. The van der Waals surface area contributed by atoms with Crippen LogP contribution in [0.1, 0.15) is 62.2 Å². The lowest BCUT2D eigenvalue weighted by Crippen LogP contribution is -2.56. The first-order chi connectivity index (χ1) is 12.9. The predicted molar refractivity (Wildman–Crippen MR) is 107 cm³/mol. The van der Waals surface area contributed by atoms with E-state index in [1.165, 1.54) is 38.5 Å². The van der Waals surface area contributed by atoms with Gasteiger partial charge in [0.2, 0.25) is 5.91 Å². The summed E-state index contributed by atoms with van der Waals surface area (Å²) in [7, 11) is 0. The van der Waals surface area contributed by atoms with E-state index in [4.69, 9.17) is 11.6 Å². The van der Waals surface area contributed by atoms with Crippen LogP contribution in [0.25, 0.3) is 0 Å². The van der Waals surface area contributed by atoms with Crippen molar-refractivity contribution in [3.63, 3.8) is 0 Å². The number of rotatable bonds is 6. The molecule has 1 aromatic carbocycles. The Morgan fingerprint density at radius 3 is 2.19 bits per heavy atom. The van der Waals surface area contributed by atoms with Gasteiger partial charge in [-0.1, -0.05) is 11.6 Å². The van der Waals surface area contributed by atoms with E-state index < -0.39 is 0 Å². The van der Waals surface area contributed by atoms with Gasteiger partial charge in [0, 0.05) is 29.6 Å². The van der Waals surface area contributed by atoms with Gasteiger partial charge < -0.3 is 10.6 Å².